The smallest absolute Gasteiger partial charge is 0.321 e. The molecule has 0 atom stereocenters. The second-order valence-corrected chi connectivity index (χ2v) is 7.78. The Labute approximate surface area is 124 Å². The third kappa shape index (κ3) is 5.81. The van der Waals surface area contributed by atoms with Gasteiger partial charge < -0.3 is 10.5 Å². The Kier molecular flexibility index (Phi) is 5.47. The molecule has 0 aliphatic rings. The Hall–Kier alpha value is -1.47. The molecule has 21 heavy (non-hydrogen) atoms. The third-order valence-corrected chi connectivity index (χ3v) is 3.94. The minimum absolute atomic E-state index is 0.00140. The lowest BCUT2D eigenvalue weighted by molar-refractivity contribution is -0.151. The number of rotatable bonds is 5. The molecule has 0 unspecified atom stereocenters. The average molecular weight is 317 g/mol. The first-order valence-corrected chi connectivity index (χ1v) is 8.25. The predicted molar refractivity (Wildman–Crippen MR) is 77.6 cm³/mol. The molecule has 0 aliphatic heterocycles. The molecule has 0 amide bonds. The fourth-order valence-corrected chi connectivity index (χ4v) is 2.96. The molecule has 0 saturated carbocycles. The summed E-state index contributed by atoms with van der Waals surface area (Å²) in [6.07, 6.45) is 0. The van der Waals surface area contributed by atoms with Crippen molar-refractivity contribution >= 4 is 15.8 Å². The molecule has 0 saturated heterocycles. The number of hydrogen-bond donors (Lipinski definition) is 1. The standard InChI is InChI=1S/C14H20FNO4S/c1-14(2,3)20-12(17)9-21(18,19)8-11-6-4-5-10(7-16)13(11)15/h4-6H,7-9,16H2,1-3H3. The van der Waals surface area contributed by atoms with E-state index in [1.165, 1.54) is 18.2 Å². The van der Waals surface area contributed by atoms with E-state index in [1.807, 2.05) is 0 Å². The van der Waals surface area contributed by atoms with Crippen LogP contribution in [0.25, 0.3) is 0 Å². The molecule has 0 radical (unpaired) electrons. The molecular formula is C14H20FNO4S. The van der Waals surface area contributed by atoms with Gasteiger partial charge in [-0.15, -0.1) is 0 Å². The van der Waals surface area contributed by atoms with Crippen LogP contribution >= 0.6 is 0 Å². The predicted octanol–water partition coefficient (Wildman–Crippen LogP) is 1.54. The van der Waals surface area contributed by atoms with E-state index in [2.05, 4.69) is 0 Å². The number of esters is 1. The van der Waals surface area contributed by atoms with Crippen LogP contribution in [0.5, 0.6) is 0 Å². The zero-order chi connectivity index (χ0) is 16.3. The first-order chi connectivity index (χ1) is 9.54. The van der Waals surface area contributed by atoms with Gasteiger partial charge in [-0.25, -0.2) is 12.8 Å². The molecule has 5 nitrogen and oxygen atoms in total. The number of ether oxygens (including phenoxy) is 1. The minimum atomic E-state index is -3.81. The van der Waals surface area contributed by atoms with E-state index in [-0.39, 0.29) is 17.7 Å². The molecule has 118 valence electrons. The van der Waals surface area contributed by atoms with Crippen molar-refractivity contribution in [1.29, 1.82) is 0 Å². The van der Waals surface area contributed by atoms with Gasteiger partial charge in [-0.05, 0) is 20.8 Å². The van der Waals surface area contributed by atoms with Crippen LogP contribution < -0.4 is 5.73 Å². The van der Waals surface area contributed by atoms with Crippen LogP contribution in [0.15, 0.2) is 18.2 Å². The highest BCUT2D eigenvalue weighted by atomic mass is 32.2. The Balaban J connectivity index is 2.84. The number of hydrogen-bond acceptors (Lipinski definition) is 5. The van der Waals surface area contributed by atoms with Gasteiger partial charge in [-0.3, -0.25) is 4.79 Å². The number of carbonyl (C=O) groups excluding carboxylic acids is 1. The van der Waals surface area contributed by atoms with E-state index in [4.69, 9.17) is 10.5 Å². The SMILES string of the molecule is CC(C)(C)OC(=O)CS(=O)(=O)Cc1cccc(CN)c1F. The Bertz CT molecular complexity index is 620. The largest absolute Gasteiger partial charge is 0.459 e. The van der Waals surface area contributed by atoms with Crippen molar-refractivity contribution in [2.24, 2.45) is 5.73 Å². The molecule has 0 bridgehead atoms. The zero-order valence-electron chi connectivity index (χ0n) is 12.3. The summed E-state index contributed by atoms with van der Waals surface area (Å²) in [5.41, 5.74) is 4.84. The van der Waals surface area contributed by atoms with E-state index >= 15 is 0 Å². The second-order valence-electron chi connectivity index (χ2n) is 5.71. The summed E-state index contributed by atoms with van der Waals surface area (Å²) in [5.74, 6) is -2.84. The van der Waals surface area contributed by atoms with Gasteiger partial charge in [0.25, 0.3) is 0 Å². The molecule has 1 rings (SSSR count). The van der Waals surface area contributed by atoms with Crippen molar-refractivity contribution in [3.8, 4) is 0 Å². The molecule has 0 fully saturated rings. The summed E-state index contributed by atoms with van der Waals surface area (Å²) in [6, 6.07) is 4.38. The van der Waals surface area contributed by atoms with Gasteiger partial charge in [-0.1, -0.05) is 18.2 Å². The summed E-state index contributed by atoms with van der Waals surface area (Å²) in [7, 11) is -3.81. The van der Waals surface area contributed by atoms with Crippen LogP contribution in [0.1, 0.15) is 31.9 Å². The summed E-state index contributed by atoms with van der Waals surface area (Å²) < 4.78 is 42.8. The molecule has 0 aromatic heterocycles. The van der Waals surface area contributed by atoms with Crippen molar-refractivity contribution in [1.82, 2.24) is 0 Å². The summed E-state index contributed by atoms with van der Waals surface area (Å²) in [6.45, 7) is 4.90. The Morgan fingerprint density at radius 2 is 1.86 bits per heavy atom. The van der Waals surface area contributed by atoms with Gasteiger partial charge in [0, 0.05) is 17.7 Å². The lowest BCUT2D eigenvalue weighted by Gasteiger charge is -2.19. The monoisotopic (exact) mass is 317 g/mol. The number of sulfone groups is 1. The van der Waals surface area contributed by atoms with Crippen LogP contribution in [0, 0.1) is 5.82 Å². The van der Waals surface area contributed by atoms with Gasteiger partial charge in [-0.2, -0.15) is 0 Å². The highest BCUT2D eigenvalue weighted by Gasteiger charge is 2.24. The summed E-state index contributed by atoms with van der Waals surface area (Å²) in [4.78, 5) is 11.6. The maximum Gasteiger partial charge on any atom is 0.321 e. The zero-order valence-corrected chi connectivity index (χ0v) is 13.2. The number of carbonyl (C=O) groups is 1. The molecule has 0 spiro atoms. The summed E-state index contributed by atoms with van der Waals surface area (Å²) >= 11 is 0. The lowest BCUT2D eigenvalue weighted by Crippen LogP contribution is -2.29. The van der Waals surface area contributed by atoms with E-state index in [0.29, 0.717) is 0 Å². The molecule has 0 heterocycles. The Morgan fingerprint density at radius 3 is 2.38 bits per heavy atom. The van der Waals surface area contributed by atoms with Gasteiger partial charge >= 0.3 is 5.97 Å². The molecule has 0 aliphatic carbocycles. The maximum absolute atomic E-state index is 14.0. The van der Waals surface area contributed by atoms with E-state index < -0.39 is 38.7 Å². The average Bonchev–Trinajstić information content (AvgIpc) is 2.28. The second kappa shape index (κ2) is 6.53. The molecule has 7 heteroatoms. The highest BCUT2D eigenvalue weighted by Crippen LogP contribution is 2.16. The Morgan fingerprint density at radius 1 is 1.29 bits per heavy atom. The van der Waals surface area contributed by atoms with Crippen molar-refractivity contribution in [2.45, 2.75) is 38.7 Å². The maximum atomic E-state index is 14.0. The van der Waals surface area contributed by atoms with E-state index in [1.54, 1.807) is 20.8 Å². The van der Waals surface area contributed by atoms with Crippen molar-refractivity contribution in [3.05, 3.63) is 35.1 Å². The van der Waals surface area contributed by atoms with Gasteiger partial charge in [0.15, 0.2) is 9.84 Å². The molecule has 1 aromatic carbocycles. The van der Waals surface area contributed by atoms with Gasteiger partial charge in [0.05, 0.1) is 5.75 Å². The van der Waals surface area contributed by atoms with Crippen molar-refractivity contribution in [3.63, 3.8) is 0 Å². The normalized spacial score (nSPS) is 12.2. The number of halogens is 1. The highest BCUT2D eigenvalue weighted by molar-refractivity contribution is 7.91. The van der Waals surface area contributed by atoms with Gasteiger partial charge in [0.1, 0.15) is 17.2 Å². The van der Waals surface area contributed by atoms with Crippen LogP contribution in [-0.4, -0.2) is 25.7 Å². The van der Waals surface area contributed by atoms with Crippen LogP contribution in [0.2, 0.25) is 0 Å². The van der Waals surface area contributed by atoms with E-state index in [0.717, 1.165) is 0 Å². The molecule has 1 aromatic rings. The molecule has 2 N–H and O–H groups in total. The summed E-state index contributed by atoms with van der Waals surface area (Å²) in [5, 5.41) is 0. The topological polar surface area (TPSA) is 86.5 Å². The van der Waals surface area contributed by atoms with Crippen LogP contribution in [0.4, 0.5) is 4.39 Å². The van der Waals surface area contributed by atoms with Crippen molar-refractivity contribution in [2.75, 3.05) is 5.75 Å². The fourth-order valence-electron chi connectivity index (χ4n) is 1.74. The van der Waals surface area contributed by atoms with E-state index in [9.17, 15) is 17.6 Å². The molecular weight excluding hydrogens is 297 g/mol. The van der Waals surface area contributed by atoms with Crippen LogP contribution in [-0.2, 0) is 31.7 Å². The van der Waals surface area contributed by atoms with Crippen LogP contribution in [0.3, 0.4) is 0 Å². The third-order valence-electron chi connectivity index (χ3n) is 2.51. The first-order valence-electron chi connectivity index (χ1n) is 6.42. The van der Waals surface area contributed by atoms with Crippen molar-refractivity contribution < 1.29 is 22.3 Å². The number of benzene rings is 1. The number of nitrogens with two attached hydrogens (primary N) is 1. The minimum Gasteiger partial charge on any atom is -0.459 e. The quantitative estimate of drug-likeness (QED) is 0.833. The fraction of sp³-hybridized carbons (Fsp3) is 0.500. The lowest BCUT2D eigenvalue weighted by atomic mass is 10.1. The van der Waals surface area contributed by atoms with Gasteiger partial charge in [0.2, 0.25) is 0 Å². The first kappa shape index (κ1) is 17.6.